The van der Waals surface area contributed by atoms with Gasteiger partial charge in [0.1, 0.15) is 17.3 Å². The van der Waals surface area contributed by atoms with E-state index in [-0.39, 0.29) is 17.6 Å². The van der Waals surface area contributed by atoms with Crippen molar-refractivity contribution in [1.82, 2.24) is 15.2 Å². The van der Waals surface area contributed by atoms with Crippen molar-refractivity contribution in [3.8, 4) is 16.9 Å². The first-order valence-electron chi connectivity index (χ1n) is 9.98. The van der Waals surface area contributed by atoms with Gasteiger partial charge in [0.2, 0.25) is 5.89 Å². The van der Waals surface area contributed by atoms with Crippen LogP contribution in [-0.2, 0) is 0 Å². The molecule has 0 radical (unpaired) electrons. The van der Waals surface area contributed by atoms with Crippen molar-refractivity contribution in [2.24, 2.45) is 0 Å². The van der Waals surface area contributed by atoms with Gasteiger partial charge in [0, 0.05) is 12.1 Å². The molecule has 0 unspecified atom stereocenters. The summed E-state index contributed by atoms with van der Waals surface area (Å²) in [6.07, 6.45) is 1.79. The predicted molar refractivity (Wildman–Crippen MR) is 113 cm³/mol. The van der Waals surface area contributed by atoms with E-state index in [4.69, 9.17) is 14.1 Å². The lowest BCUT2D eigenvalue weighted by atomic mass is 10.1. The van der Waals surface area contributed by atoms with Gasteiger partial charge in [-0.2, -0.15) is 0 Å². The van der Waals surface area contributed by atoms with Crippen molar-refractivity contribution in [3.05, 3.63) is 48.4 Å². The van der Waals surface area contributed by atoms with Crippen molar-refractivity contribution in [1.29, 1.82) is 0 Å². The maximum Gasteiger partial charge on any atom is 0.318 e. The fourth-order valence-corrected chi connectivity index (χ4v) is 3.73. The molecule has 0 bridgehead atoms. The Kier molecular flexibility index (Phi) is 4.94. The number of oxazole rings is 1. The third kappa shape index (κ3) is 4.06. The number of amides is 2. The number of ether oxygens (including phenoxy) is 1. The Morgan fingerprint density at radius 2 is 2.00 bits per heavy atom. The Balaban J connectivity index is 1.62. The lowest BCUT2D eigenvalue weighted by molar-refractivity contribution is 0.176. The summed E-state index contributed by atoms with van der Waals surface area (Å²) in [7, 11) is 1.66. The number of hydrogen-bond acceptors (Lipinski definition) is 4. The second-order valence-corrected chi connectivity index (χ2v) is 8.50. The molecule has 6 nitrogen and oxygen atoms in total. The van der Waals surface area contributed by atoms with E-state index < -0.39 is 0 Å². The molecule has 1 saturated heterocycles. The van der Waals surface area contributed by atoms with Crippen molar-refractivity contribution < 1.29 is 13.9 Å². The number of nitrogens with zero attached hydrogens (tertiary/aromatic N) is 2. The van der Waals surface area contributed by atoms with Crippen LogP contribution < -0.4 is 10.1 Å². The van der Waals surface area contributed by atoms with Crippen LogP contribution in [0.2, 0.25) is 0 Å². The summed E-state index contributed by atoms with van der Waals surface area (Å²) in [5.74, 6) is 1.42. The van der Waals surface area contributed by atoms with Gasteiger partial charge in [-0.15, -0.1) is 0 Å². The molecule has 0 spiro atoms. The molecule has 1 aliphatic rings. The van der Waals surface area contributed by atoms with Crippen LogP contribution >= 0.6 is 0 Å². The van der Waals surface area contributed by atoms with E-state index in [9.17, 15) is 4.79 Å². The lowest BCUT2D eigenvalue weighted by Crippen LogP contribution is -2.48. The van der Waals surface area contributed by atoms with Gasteiger partial charge in [-0.3, -0.25) is 0 Å². The van der Waals surface area contributed by atoms with E-state index in [1.165, 1.54) is 0 Å². The third-order valence-electron chi connectivity index (χ3n) is 5.09. The zero-order valence-corrected chi connectivity index (χ0v) is 17.4. The largest absolute Gasteiger partial charge is 0.497 e. The molecular weight excluding hydrogens is 366 g/mol. The second kappa shape index (κ2) is 7.43. The van der Waals surface area contributed by atoms with Gasteiger partial charge in [0.25, 0.3) is 0 Å². The first-order chi connectivity index (χ1) is 13.8. The highest BCUT2D eigenvalue weighted by molar-refractivity contribution is 5.81. The Morgan fingerprint density at radius 3 is 2.76 bits per heavy atom. The molecule has 3 aromatic rings. The fourth-order valence-electron chi connectivity index (χ4n) is 3.73. The number of carbonyl (C=O) groups is 1. The topological polar surface area (TPSA) is 67.6 Å². The number of urea groups is 1. The molecule has 2 amide bonds. The maximum absolute atomic E-state index is 12.7. The molecule has 4 rings (SSSR count). The molecule has 0 saturated carbocycles. The molecule has 1 atom stereocenters. The molecule has 152 valence electrons. The number of methoxy groups -OCH3 is 1. The zero-order valence-electron chi connectivity index (χ0n) is 17.4. The minimum absolute atomic E-state index is 0.0701. The second-order valence-electron chi connectivity index (χ2n) is 8.50. The minimum Gasteiger partial charge on any atom is -0.497 e. The molecule has 29 heavy (non-hydrogen) atoms. The van der Waals surface area contributed by atoms with Crippen LogP contribution in [0.4, 0.5) is 4.79 Å². The van der Waals surface area contributed by atoms with E-state index in [0.717, 1.165) is 40.8 Å². The van der Waals surface area contributed by atoms with Crippen LogP contribution in [0.15, 0.2) is 46.9 Å². The van der Waals surface area contributed by atoms with Gasteiger partial charge in [0.15, 0.2) is 5.58 Å². The average Bonchev–Trinajstić information content (AvgIpc) is 3.32. The van der Waals surface area contributed by atoms with Gasteiger partial charge >= 0.3 is 6.03 Å². The lowest BCUT2D eigenvalue weighted by Gasteiger charge is -2.28. The summed E-state index contributed by atoms with van der Waals surface area (Å²) in [4.78, 5) is 19.3. The van der Waals surface area contributed by atoms with E-state index in [2.05, 4.69) is 5.32 Å². The molecule has 1 aromatic heterocycles. The van der Waals surface area contributed by atoms with Crippen LogP contribution in [-0.4, -0.2) is 35.1 Å². The highest BCUT2D eigenvalue weighted by Crippen LogP contribution is 2.34. The van der Waals surface area contributed by atoms with E-state index >= 15 is 0 Å². The normalized spacial score (nSPS) is 17.0. The Bertz CT molecular complexity index is 1040. The summed E-state index contributed by atoms with van der Waals surface area (Å²) >= 11 is 0. The highest BCUT2D eigenvalue weighted by Gasteiger charge is 2.34. The quantitative estimate of drug-likeness (QED) is 0.668. The van der Waals surface area contributed by atoms with Crippen LogP contribution in [0.1, 0.15) is 45.5 Å². The Morgan fingerprint density at radius 1 is 1.21 bits per heavy atom. The standard InChI is InChI=1S/C23H27N3O3/c1-23(2,3)25-22(27)26-12-6-9-19(26)21-24-18-14-16(10-11-20(18)29-21)15-7-5-8-17(13-15)28-4/h5,7-8,10-11,13-14,19H,6,9,12H2,1-4H3,(H,25,27)/t19-/m0/s1. The number of hydrogen-bond donors (Lipinski definition) is 1. The summed E-state index contributed by atoms with van der Waals surface area (Å²) in [6, 6.07) is 13.7. The van der Waals surface area contributed by atoms with Crippen molar-refractivity contribution in [2.75, 3.05) is 13.7 Å². The summed E-state index contributed by atoms with van der Waals surface area (Å²) in [5, 5.41) is 3.04. The predicted octanol–water partition coefficient (Wildman–Crippen LogP) is 5.15. The number of aromatic nitrogens is 1. The highest BCUT2D eigenvalue weighted by atomic mass is 16.5. The number of carbonyl (C=O) groups excluding carboxylic acids is 1. The molecule has 1 aliphatic heterocycles. The number of rotatable bonds is 3. The van der Waals surface area contributed by atoms with Gasteiger partial charge < -0.3 is 19.4 Å². The van der Waals surface area contributed by atoms with Crippen LogP contribution in [0.5, 0.6) is 5.75 Å². The Hall–Kier alpha value is -3.02. The van der Waals surface area contributed by atoms with Gasteiger partial charge in [0.05, 0.1) is 7.11 Å². The molecule has 6 heteroatoms. The van der Waals surface area contributed by atoms with Crippen LogP contribution in [0, 0.1) is 0 Å². The monoisotopic (exact) mass is 393 g/mol. The smallest absolute Gasteiger partial charge is 0.318 e. The number of fused-ring (bicyclic) bond motifs is 1. The molecular formula is C23H27N3O3. The molecule has 1 N–H and O–H groups in total. The van der Waals surface area contributed by atoms with Gasteiger partial charge in [-0.1, -0.05) is 18.2 Å². The van der Waals surface area contributed by atoms with Gasteiger partial charge in [-0.05, 0) is 69.0 Å². The van der Waals surface area contributed by atoms with Crippen molar-refractivity contribution in [3.63, 3.8) is 0 Å². The number of nitrogens with one attached hydrogen (secondary N) is 1. The van der Waals surface area contributed by atoms with E-state index in [0.29, 0.717) is 12.4 Å². The van der Waals surface area contributed by atoms with Gasteiger partial charge in [-0.25, -0.2) is 9.78 Å². The van der Waals surface area contributed by atoms with Crippen molar-refractivity contribution >= 4 is 17.1 Å². The first-order valence-corrected chi connectivity index (χ1v) is 9.98. The summed E-state index contributed by atoms with van der Waals surface area (Å²) in [6.45, 7) is 6.65. The molecule has 1 fully saturated rings. The van der Waals surface area contributed by atoms with E-state index in [1.54, 1.807) is 7.11 Å². The fraction of sp³-hybridized carbons (Fsp3) is 0.391. The minimum atomic E-state index is -0.281. The first kappa shape index (κ1) is 19.3. The third-order valence-corrected chi connectivity index (χ3v) is 5.09. The van der Waals surface area contributed by atoms with E-state index in [1.807, 2.05) is 68.1 Å². The average molecular weight is 393 g/mol. The number of likely N-dealkylation sites (tertiary alicyclic amines) is 1. The summed E-state index contributed by atoms with van der Waals surface area (Å²) in [5.41, 5.74) is 3.35. The molecule has 2 aromatic carbocycles. The molecule has 0 aliphatic carbocycles. The SMILES string of the molecule is COc1cccc(-c2ccc3oc([C@@H]4CCCN4C(=O)NC(C)(C)C)nc3c2)c1. The van der Waals surface area contributed by atoms with Crippen LogP contribution in [0.3, 0.4) is 0 Å². The number of benzene rings is 2. The Labute approximate surface area is 170 Å². The molecule has 2 heterocycles. The van der Waals surface area contributed by atoms with Crippen molar-refractivity contribution in [2.45, 2.75) is 45.2 Å². The maximum atomic E-state index is 12.7. The zero-order chi connectivity index (χ0) is 20.6. The summed E-state index contributed by atoms with van der Waals surface area (Å²) < 4.78 is 11.4. The van der Waals surface area contributed by atoms with Crippen LogP contribution in [0.25, 0.3) is 22.2 Å².